The molecule has 0 saturated carbocycles. The number of methoxy groups -OCH3 is 1. The van der Waals surface area contributed by atoms with Gasteiger partial charge >= 0.3 is 0 Å². The molecule has 0 spiro atoms. The minimum Gasteiger partial charge on any atom is -0.381 e. The smallest absolute Gasteiger partial charge is 0.209 e. The van der Waals surface area contributed by atoms with E-state index < -0.39 is 12.6 Å². The predicted octanol–water partition coefficient (Wildman–Crippen LogP) is 0.899. The van der Waals surface area contributed by atoms with Crippen molar-refractivity contribution < 1.29 is 24.1 Å². The van der Waals surface area contributed by atoms with Crippen LogP contribution >= 0.6 is 0 Å². The van der Waals surface area contributed by atoms with Crippen LogP contribution in [0, 0.1) is 0 Å². The quantitative estimate of drug-likeness (QED) is 0.663. The summed E-state index contributed by atoms with van der Waals surface area (Å²) < 4.78 is 20.9. The molecule has 0 aromatic carbocycles. The van der Waals surface area contributed by atoms with Crippen molar-refractivity contribution in [2.24, 2.45) is 0 Å². The third-order valence-electron chi connectivity index (χ3n) is 2.47. The molecule has 96 valence electrons. The van der Waals surface area contributed by atoms with E-state index in [1.807, 2.05) is 0 Å². The zero-order valence-electron chi connectivity index (χ0n) is 10.1. The fourth-order valence-electron chi connectivity index (χ4n) is 1.48. The second kappa shape index (κ2) is 7.97. The Morgan fingerprint density at radius 1 is 1.38 bits per heavy atom. The van der Waals surface area contributed by atoms with Gasteiger partial charge in [0.15, 0.2) is 0 Å². The summed E-state index contributed by atoms with van der Waals surface area (Å²) in [5, 5.41) is 9.47. The van der Waals surface area contributed by atoms with E-state index in [1.165, 1.54) is 7.11 Å². The molecule has 5 nitrogen and oxygen atoms in total. The fraction of sp³-hybridized carbons (Fsp3) is 1.00. The van der Waals surface area contributed by atoms with Crippen molar-refractivity contribution in [3.05, 3.63) is 0 Å². The number of aliphatic hydroxyl groups excluding tert-OH is 1. The van der Waals surface area contributed by atoms with Crippen LogP contribution in [0.4, 0.5) is 0 Å². The highest BCUT2D eigenvalue weighted by Crippen LogP contribution is 2.15. The van der Waals surface area contributed by atoms with Crippen LogP contribution in [0.15, 0.2) is 0 Å². The van der Waals surface area contributed by atoms with Gasteiger partial charge in [0.25, 0.3) is 0 Å². The topological polar surface area (TPSA) is 57.2 Å². The monoisotopic (exact) mass is 234 g/mol. The summed E-state index contributed by atoms with van der Waals surface area (Å²) in [6.45, 7) is 3.99. The van der Waals surface area contributed by atoms with Crippen LogP contribution in [-0.2, 0) is 18.9 Å². The molecule has 1 fully saturated rings. The molecular formula is C11H22O5. The van der Waals surface area contributed by atoms with Gasteiger partial charge in [-0.25, -0.2) is 0 Å². The Kier molecular flexibility index (Phi) is 6.91. The van der Waals surface area contributed by atoms with E-state index in [4.69, 9.17) is 18.9 Å². The maximum absolute atomic E-state index is 9.47. The molecule has 0 amide bonds. The Labute approximate surface area is 96.6 Å². The van der Waals surface area contributed by atoms with Crippen molar-refractivity contribution in [1.29, 1.82) is 0 Å². The summed E-state index contributed by atoms with van der Waals surface area (Å²) >= 11 is 0. The number of hydrogen-bond donors (Lipinski definition) is 1. The Hall–Kier alpha value is -0.200. The van der Waals surface area contributed by atoms with Crippen LogP contribution in [0.2, 0.25) is 0 Å². The minimum atomic E-state index is -1.00. The molecule has 0 aromatic rings. The van der Waals surface area contributed by atoms with E-state index >= 15 is 0 Å². The Morgan fingerprint density at radius 3 is 2.81 bits per heavy atom. The minimum absolute atomic E-state index is 0.108. The number of unbranched alkanes of at least 4 members (excludes halogenated alkanes) is 1. The maximum Gasteiger partial charge on any atom is 0.209 e. The van der Waals surface area contributed by atoms with Crippen LogP contribution in [-0.4, -0.2) is 50.7 Å². The van der Waals surface area contributed by atoms with Crippen LogP contribution in [0.5, 0.6) is 0 Å². The average molecular weight is 234 g/mol. The highest BCUT2D eigenvalue weighted by molar-refractivity contribution is 4.65. The first-order chi connectivity index (χ1) is 7.77. The number of ether oxygens (including phenoxy) is 4. The van der Waals surface area contributed by atoms with E-state index in [-0.39, 0.29) is 6.10 Å². The van der Waals surface area contributed by atoms with Crippen LogP contribution in [0.25, 0.3) is 0 Å². The largest absolute Gasteiger partial charge is 0.381 e. The van der Waals surface area contributed by atoms with Gasteiger partial charge < -0.3 is 24.1 Å². The second-order valence-electron chi connectivity index (χ2n) is 3.84. The highest BCUT2D eigenvalue weighted by atomic mass is 16.8. The Balaban J connectivity index is 2.06. The van der Waals surface area contributed by atoms with Crippen LogP contribution < -0.4 is 0 Å². The maximum atomic E-state index is 9.47. The van der Waals surface area contributed by atoms with Crippen molar-refractivity contribution in [2.45, 2.75) is 44.9 Å². The fourth-order valence-corrected chi connectivity index (χ4v) is 1.48. The van der Waals surface area contributed by atoms with Gasteiger partial charge in [-0.05, 0) is 12.8 Å². The SMILES string of the molecule is CCCCOCC[C@H]1CO[C@H](OC)C(O)O1. The Morgan fingerprint density at radius 2 is 2.19 bits per heavy atom. The van der Waals surface area contributed by atoms with Crippen LogP contribution in [0.1, 0.15) is 26.2 Å². The van der Waals surface area contributed by atoms with E-state index in [1.54, 1.807) is 0 Å². The summed E-state index contributed by atoms with van der Waals surface area (Å²) in [7, 11) is 1.48. The lowest BCUT2D eigenvalue weighted by Gasteiger charge is -2.32. The molecule has 0 radical (unpaired) electrons. The van der Waals surface area contributed by atoms with Gasteiger partial charge in [0.05, 0.1) is 12.7 Å². The van der Waals surface area contributed by atoms with Crippen molar-refractivity contribution >= 4 is 0 Å². The number of rotatable bonds is 7. The third-order valence-corrected chi connectivity index (χ3v) is 2.47. The van der Waals surface area contributed by atoms with Gasteiger partial charge in [-0.2, -0.15) is 0 Å². The molecule has 1 rings (SSSR count). The van der Waals surface area contributed by atoms with Crippen molar-refractivity contribution in [2.75, 3.05) is 26.9 Å². The standard InChI is InChI=1S/C11H22O5/c1-3-4-6-14-7-5-9-8-15-11(13-2)10(12)16-9/h9-12H,3-8H2,1-2H3/t9-,10?,11-/m0/s1. The first-order valence-electron chi connectivity index (χ1n) is 5.83. The summed E-state index contributed by atoms with van der Waals surface area (Å²) in [5.41, 5.74) is 0. The molecule has 1 N–H and O–H groups in total. The van der Waals surface area contributed by atoms with Crippen molar-refractivity contribution in [3.63, 3.8) is 0 Å². The van der Waals surface area contributed by atoms with Gasteiger partial charge in [0.1, 0.15) is 0 Å². The molecule has 1 unspecified atom stereocenters. The second-order valence-corrected chi connectivity index (χ2v) is 3.84. The van der Waals surface area contributed by atoms with Crippen molar-refractivity contribution in [1.82, 2.24) is 0 Å². The zero-order chi connectivity index (χ0) is 11.8. The molecule has 1 heterocycles. The van der Waals surface area contributed by atoms with E-state index in [2.05, 4.69) is 6.92 Å². The molecule has 0 aromatic heterocycles. The highest BCUT2D eigenvalue weighted by Gasteiger charge is 2.30. The predicted molar refractivity (Wildman–Crippen MR) is 58.0 cm³/mol. The normalized spacial score (nSPS) is 30.6. The molecule has 1 aliphatic heterocycles. The van der Waals surface area contributed by atoms with Gasteiger partial charge in [0, 0.05) is 20.3 Å². The van der Waals surface area contributed by atoms with E-state index in [9.17, 15) is 5.11 Å². The summed E-state index contributed by atoms with van der Waals surface area (Å²) in [6, 6.07) is 0. The molecule has 1 aliphatic rings. The van der Waals surface area contributed by atoms with Gasteiger partial charge in [-0.15, -0.1) is 0 Å². The van der Waals surface area contributed by atoms with Gasteiger partial charge in [-0.1, -0.05) is 13.3 Å². The lowest BCUT2D eigenvalue weighted by molar-refractivity contribution is -0.322. The summed E-state index contributed by atoms with van der Waals surface area (Å²) in [4.78, 5) is 0. The first kappa shape index (κ1) is 13.9. The first-order valence-corrected chi connectivity index (χ1v) is 5.83. The number of aliphatic hydroxyl groups is 1. The zero-order valence-corrected chi connectivity index (χ0v) is 10.1. The lowest BCUT2D eigenvalue weighted by Crippen LogP contribution is -2.44. The average Bonchev–Trinajstić information content (AvgIpc) is 2.29. The molecular weight excluding hydrogens is 212 g/mol. The molecule has 0 bridgehead atoms. The summed E-state index contributed by atoms with van der Waals surface area (Å²) in [5.74, 6) is 0. The van der Waals surface area contributed by atoms with Gasteiger partial charge in [0.2, 0.25) is 12.6 Å². The van der Waals surface area contributed by atoms with Crippen LogP contribution in [0.3, 0.4) is 0 Å². The lowest BCUT2D eigenvalue weighted by atomic mass is 10.2. The molecule has 16 heavy (non-hydrogen) atoms. The summed E-state index contributed by atoms with van der Waals surface area (Å²) in [6.07, 6.45) is 1.17. The number of hydrogen-bond acceptors (Lipinski definition) is 5. The van der Waals surface area contributed by atoms with E-state index in [0.717, 1.165) is 25.9 Å². The molecule has 0 aliphatic carbocycles. The van der Waals surface area contributed by atoms with Crippen molar-refractivity contribution in [3.8, 4) is 0 Å². The third kappa shape index (κ3) is 4.76. The van der Waals surface area contributed by atoms with Gasteiger partial charge in [-0.3, -0.25) is 0 Å². The molecule has 3 atom stereocenters. The molecule has 1 saturated heterocycles. The Bertz CT molecular complexity index is 176. The molecule has 5 heteroatoms. The van der Waals surface area contributed by atoms with E-state index in [0.29, 0.717) is 13.2 Å².